The van der Waals surface area contributed by atoms with E-state index in [4.69, 9.17) is 4.74 Å². The molecule has 2 saturated heterocycles. The third kappa shape index (κ3) is 3.87. The lowest BCUT2D eigenvalue weighted by atomic mass is 9.95. The van der Waals surface area contributed by atoms with Crippen LogP contribution in [0.5, 0.6) is 0 Å². The molecule has 2 atom stereocenters. The van der Waals surface area contributed by atoms with Gasteiger partial charge in [-0.25, -0.2) is 0 Å². The lowest BCUT2D eigenvalue weighted by Crippen LogP contribution is -2.36. The van der Waals surface area contributed by atoms with E-state index < -0.39 is 17.7 Å². The normalized spacial score (nSPS) is 23.7. The number of carbonyl (C=O) groups is 2. The van der Waals surface area contributed by atoms with Crippen LogP contribution in [-0.4, -0.2) is 41.0 Å². The Morgan fingerprint density at radius 3 is 2.45 bits per heavy atom. The lowest BCUT2D eigenvalue weighted by molar-refractivity contribution is -0.140. The van der Waals surface area contributed by atoms with Crippen molar-refractivity contribution in [1.29, 1.82) is 0 Å². The van der Waals surface area contributed by atoms with E-state index >= 15 is 0 Å². The number of rotatable bonds is 4. The average molecular weight is 456 g/mol. The van der Waals surface area contributed by atoms with Gasteiger partial charge in [-0.3, -0.25) is 9.59 Å². The summed E-state index contributed by atoms with van der Waals surface area (Å²) >= 11 is 3.42. The van der Waals surface area contributed by atoms with E-state index in [-0.39, 0.29) is 17.4 Å². The monoisotopic (exact) mass is 455 g/mol. The van der Waals surface area contributed by atoms with E-state index in [0.29, 0.717) is 18.7 Å². The molecule has 5 nitrogen and oxygen atoms in total. The van der Waals surface area contributed by atoms with Crippen molar-refractivity contribution < 1.29 is 19.4 Å². The van der Waals surface area contributed by atoms with Crippen molar-refractivity contribution in [2.75, 3.05) is 13.2 Å². The van der Waals surface area contributed by atoms with Gasteiger partial charge in [-0.1, -0.05) is 57.9 Å². The first-order chi connectivity index (χ1) is 14.0. The van der Waals surface area contributed by atoms with Gasteiger partial charge in [-0.2, -0.15) is 0 Å². The molecule has 2 aliphatic rings. The van der Waals surface area contributed by atoms with Gasteiger partial charge in [-0.05, 0) is 37.5 Å². The summed E-state index contributed by atoms with van der Waals surface area (Å²) in [5.41, 5.74) is 2.47. The van der Waals surface area contributed by atoms with Crippen LogP contribution in [0.3, 0.4) is 0 Å². The zero-order chi connectivity index (χ0) is 20.5. The minimum atomic E-state index is -0.658. The lowest BCUT2D eigenvalue weighted by Gasteiger charge is -2.27. The number of aliphatic hydroxyl groups excluding tert-OH is 1. The molecular formula is C23H22BrNO4. The smallest absolute Gasteiger partial charge is 0.295 e. The summed E-state index contributed by atoms with van der Waals surface area (Å²) in [4.78, 5) is 27.4. The van der Waals surface area contributed by atoms with Gasteiger partial charge in [-0.15, -0.1) is 0 Å². The Morgan fingerprint density at radius 2 is 1.83 bits per heavy atom. The molecule has 0 spiro atoms. The van der Waals surface area contributed by atoms with Gasteiger partial charge >= 0.3 is 0 Å². The fourth-order valence-corrected chi connectivity index (χ4v) is 4.20. The van der Waals surface area contributed by atoms with Crippen molar-refractivity contribution in [3.05, 3.63) is 75.3 Å². The Labute approximate surface area is 178 Å². The van der Waals surface area contributed by atoms with Gasteiger partial charge < -0.3 is 14.7 Å². The second kappa shape index (κ2) is 8.13. The fraction of sp³-hybridized carbons (Fsp3) is 0.304. The molecule has 2 aromatic rings. The van der Waals surface area contributed by atoms with Crippen molar-refractivity contribution in [1.82, 2.24) is 4.90 Å². The maximum atomic E-state index is 13.0. The van der Waals surface area contributed by atoms with Gasteiger partial charge in [0.1, 0.15) is 5.76 Å². The van der Waals surface area contributed by atoms with Crippen LogP contribution < -0.4 is 0 Å². The van der Waals surface area contributed by atoms with E-state index in [2.05, 4.69) is 15.9 Å². The SMILES string of the molecule is Cc1ccc(C(O)=C2C(=O)C(=O)N(C[C@@H]3CCCO3)[C@@H]2c2ccc(Br)cc2)cc1. The summed E-state index contributed by atoms with van der Waals surface area (Å²) in [6.45, 7) is 2.95. The van der Waals surface area contributed by atoms with Crippen LogP contribution in [0, 0.1) is 6.92 Å². The number of hydrogen-bond donors (Lipinski definition) is 1. The Hall–Kier alpha value is -2.44. The van der Waals surface area contributed by atoms with Crippen LogP contribution in [0.4, 0.5) is 0 Å². The largest absolute Gasteiger partial charge is 0.507 e. The van der Waals surface area contributed by atoms with Crippen LogP contribution in [0.1, 0.15) is 35.6 Å². The van der Waals surface area contributed by atoms with Crippen LogP contribution in [0.15, 0.2) is 58.6 Å². The van der Waals surface area contributed by atoms with Gasteiger partial charge in [0.25, 0.3) is 11.7 Å². The molecule has 0 aromatic heterocycles. The molecule has 0 radical (unpaired) electrons. The van der Waals surface area contributed by atoms with Crippen LogP contribution in [-0.2, 0) is 14.3 Å². The second-order valence-corrected chi connectivity index (χ2v) is 8.42. The van der Waals surface area contributed by atoms with Crippen LogP contribution >= 0.6 is 15.9 Å². The van der Waals surface area contributed by atoms with Gasteiger partial charge in [0.15, 0.2) is 0 Å². The standard InChI is InChI=1S/C23H22BrNO4/c1-14-4-6-16(7-5-14)21(26)19-20(15-8-10-17(24)11-9-15)25(23(28)22(19)27)13-18-3-2-12-29-18/h4-11,18,20,26H,2-3,12-13H2,1H3/t18-,20+/m0/s1. The molecule has 2 heterocycles. The number of carbonyl (C=O) groups excluding carboxylic acids is 2. The second-order valence-electron chi connectivity index (χ2n) is 7.50. The quantitative estimate of drug-likeness (QED) is 0.422. The predicted octanol–water partition coefficient (Wildman–Crippen LogP) is 4.36. The number of ether oxygens (including phenoxy) is 1. The first-order valence-electron chi connectivity index (χ1n) is 9.68. The molecule has 1 N–H and O–H groups in total. The number of nitrogens with zero attached hydrogens (tertiary/aromatic N) is 1. The molecule has 0 unspecified atom stereocenters. The highest BCUT2D eigenvalue weighted by Gasteiger charge is 2.47. The molecule has 29 heavy (non-hydrogen) atoms. The minimum Gasteiger partial charge on any atom is -0.507 e. The third-order valence-electron chi connectivity index (χ3n) is 5.48. The zero-order valence-corrected chi connectivity index (χ0v) is 17.7. The maximum Gasteiger partial charge on any atom is 0.295 e. The summed E-state index contributed by atoms with van der Waals surface area (Å²) in [6.07, 6.45) is 1.71. The van der Waals surface area contributed by atoms with Crippen molar-refractivity contribution >= 4 is 33.4 Å². The highest BCUT2D eigenvalue weighted by Crippen LogP contribution is 2.40. The fourth-order valence-electron chi connectivity index (χ4n) is 3.93. The Kier molecular flexibility index (Phi) is 5.56. The van der Waals surface area contributed by atoms with Gasteiger partial charge in [0.2, 0.25) is 0 Å². The van der Waals surface area contributed by atoms with Gasteiger partial charge in [0, 0.05) is 23.2 Å². The number of Topliss-reactive ketones (excluding diaryl/α,β-unsaturated/α-hetero) is 1. The van der Waals surface area contributed by atoms with Crippen molar-refractivity contribution in [3.8, 4) is 0 Å². The number of hydrogen-bond acceptors (Lipinski definition) is 4. The molecular weight excluding hydrogens is 434 g/mol. The maximum absolute atomic E-state index is 13.0. The van der Waals surface area contributed by atoms with Crippen LogP contribution in [0.25, 0.3) is 5.76 Å². The van der Waals surface area contributed by atoms with Gasteiger partial charge in [0.05, 0.1) is 17.7 Å². The number of amides is 1. The van der Waals surface area contributed by atoms with Crippen molar-refractivity contribution in [3.63, 3.8) is 0 Å². The average Bonchev–Trinajstić information content (AvgIpc) is 3.31. The molecule has 0 bridgehead atoms. The number of benzene rings is 2. The van der Waals surface area contributed by atoms with Crippen LogP contribution in [0.2, 0.25) is 0 Å². The summed E-state index contributed by atoms with van der Waals surface area (Å²) in [7, 11) is 0. The molecule has 0 aliphatic carbocycles. The first-order valence-corrected chi connectivity index (χ1v) is 10.5. The highest BCUT2D eigenvalue weighted by molar-refractivity contribution is 9.10. The summed E-state index contributed by atoms with van der Waals surface area (Å²) in [5.74, 6) is -1.40. The zero-order valence-electron chi connectivity index (χ0n) is 16.1. The van der Waals surface area contributed by atoms with E-state index in [0.717, 1.165) is 28.4 Å². The Bertz CT molecular complexity index is 959. The number of aliphatic hydroxyl groups is 1. The molecule has 0 saturated carbocycles. The predicted molar refractivity (Wildman–Crippen MR) is 113 cm³/mol. The first kappa shape index (κ1) is 19.9. The number of likely N-dealkylation sites (tertiary alicyclic amines) is 1. The van der Waals surface area contributed by atoms with E-state index in [1.807, 2.05) is 43.3 Å². The van der Waals surface area contributed by atoms with Crippen molar-refractivity contribution in [2.24, 2.45) is 0 Å². The van der Waals surface area contributed by atoms with E-state index in [9.17, 15) is 14.7 Å². The molecule has 6 heteroatoms. The molecule has 150 valence electrons. The molecule has 2 fully saturated rings. The molecule has 4 rings (SSSR count). The molecule has 2 aliphatic heterocycles. The van der Waals surface area contributed by atoms with E-state index in [1.165, 1.54) is 0 Å². The third-order valence-corrected chi connectivity index (χ3v) is 6.00. The number of halogens is 1. The van der Waals surface area contributed by atoms with Crippen molar-refractivity contribution in [2.45, 2.75) is 31.9 Å². The number of ketones is 1. The summed E-state index contributed by atoms with van der Waals surface area (Å²) in [6, 6.07) is 14.1. The molecule has 2 aromatic carbocycles. The molecule has 1 amide bonds. The minimum absolute atomic E-state index is 0.0921. The van der Waals surface area contributed by atoms with E-state index in [1.54, 1.807) is 17.0 Å². The summed E-state index contributed by atoms with van der Waals surface area (Å²) < 4.78 is 6.60. The summed E-state index contributed by atoms with van der Waals surface area (Å²) in [5, 5.41) is 11.0. The number of aryl methyl sites for hydroxylation is 1. The Morgan fingerprint density at radius 1 is 1.14 bits per heavy atom. The Balaban J connectivity index is 1.81. The topological polar surface area (TPSA) is 66.8 Å². The highest BCUT2D eigenvalue weighted by atomic mass is 79.9.